The van der Waals surface area contributed by atoms with Crippen molar-refractivity contribution in [2.75, 3.05) is 19.7 Å². The van der Waals surface area contributed by atoms with Crippen LogP contribution < -0.4 is 0 Å². The van der Waals surface area contributed by atoms with Crippen LogP contribution in [0.25, 0.3) is 0 Å². The maximum atomic E-state index is 12.6. The zero-order chi connectivity index (χ0) is 18.0. The Bertz CT molecular complexity index is 723. The monoisotopic (exact) mass is 342 g/mol. The lowest BCUT2D eigenvalue weighted by atomic mass is 9.92. The Morgan fingerprint density at radius 2 is 2.12 bits per heavy atom. The van der Waals surface area contributed by atoms with E-state index in [4.69, 9.17) is 0 Å². The number of aryl methyl sites for hydroxylation is 1. The fraction of sp³-hybridized carbons (Fsp3) is 0.526. The van der Waals surface area contributed by atoms with Crippen molar-refractivity contribution in [3.63, 3.8) is 0 Å². The number of hydrogen-bond donors (Lipinski definition) is 1. The molecule has 0 aliphatic carbocycles. The summed E-state index contributed by atoms with van der Waals surface area (Å²) in [6.45, 7) is 7.40. The van der Waals surface area contributed by atoms with Crippen LogP contribution in [0.3, 0.4) is 0 Å². The zero-order valence-corrected chi connectivity index (χ0v) is 15.1. The minimum atomic E-state index is 0.0601. The van der Waals surface area contributed by atoms with E-state index in [9.17, 15) is 9.90 Å². The summed E-state index contributed by atoms with van der Waals surface area (Å²) in [6.07, 6.45) is 6.02. The molecule has 1 aliphatic heterocycles. The average molecular weight is 342 g/mol. The lowest BCUT2D eigenvalue weighted by Crippen LogP contribution is -2.30. The van der Waals surface area contributed by atoms with E-state index in [1.807, 2.05) is 41.0 Å². The first-order chi connectivity index (χ1) is 12.0. The maximum absolute atomic E-state index is 12.6. The van der Waals surface area contributed by atoms with Gasteiger partial charge in [0.05, 0.1) is 12.6 Å². The van der Waals surface area contributed by atoms with Crippen LogP contribution in [0.2, 0.25) is 0 Å². The molecule has 1 aliphatic rings. The zero-order valence-electron chi connectivity index (χ0n) is 15.1. The molecule has 134 valence electrons. The summed E-state index contributed by atoms with van der Waals surface area (Å²) in [5.74, 6) is 0.283. The second-order valence-electron chi connectivity index (χ2n) is 7.18. The van der Waals surface area contributed by atoms with Crippen molar-refractivity contribution < 1.29 is 9.90 Å². The highest BCUT2D eigenvalue weighted by molar-refractivity contribution is 5.79. The summed E-state index contributed by atoms with van der Waals surface area (Å²) in [6, 6.07) is 4.17. The Hall–Kier alpha value is -2.21. The second kappa shape index (κ2) is 7.35. The summed E-state index contributed by atoms with van der Waals surface area (Å²) < 4.78 is 1.92. The maximum Gasteiger partial charge on any atom is 0.227 e. The molecule has 1 N–H and O–H groups in total. The standard InChI is InChI=1S/C19H26N4O2/c1-13(2)23-10-16(8-21-23)18-11-22(9-17(18)12-24)19(25)6-15-5-4-14(3)20-7-15/h4-5,7-8,10,13,17-18,24H,6,9,11-12H2,1-3H3/t17-,18-/m0/s1. The molecule has 3 rings (SSSR count). The first-order valence-corrected chi connectivity index (χ1v) is 8.82. The van der Waals surface area contributed by atoms with Gasteiger partial charge in [-0.2, -0.15) is 5.10 Å². The van der Waals surface area contributed by atoms with Crippen LogP contribution >= 0.6 is 0 Å². The third-order valence-electron chi connectivity index (χ3n) is 4.93. The van der Waals surface area contributed by atoms with Crippen LogP contribution in [0.4, 0.5) is 0 Å². The molecule has 1 fully saturated rings. The van der Waals surface area contributed by atoms with Gasteiger partial charge >= 0.3 is 0 Å². The number of amides is 1. The number of carbonyl (C=O) groups excluding carboxylic acids is 1. The molecule has 25 heavy (non-hydrogen) atoms. The normalized spacial score (nSPS) is 20.4. The molecule has 2 aromatic rings. The van der Waals surface area contributed by atoms with E-state index >= 15 is 0 Å². The van der Waals surface area contributed by atoms with Gasteiger partial charge in [-0.3, -0.25) is 14.5 Å². The molecule has 0 radical (unpaired) electrons. The highest BCUT2D eigenvalue weighted by Gasteiger charge is 2.36. The summed E-state index contributed by atoms with van der Waals surface area (Å²) >= 11 is 0. The van der Waals surface area contributed by atoms with Crippen LogP contribution in [-0.2, 0) is 11.2 Å². The van der Waals surface area contributed by atoms with Gasteiger partial charge in [-0.15, -0.1) is 0 Å². The topological polar surface area (TPSA) is 71.2 Å². The number of likely N-dealkylation sites (tertiary alicyclic amines) is 1. The van der Waals surface area contributed by atoms with E-state index in [1.54, 1.807) is 6.20 Å². The average Bonchev–Trinajstić information content (AvgIpc) is 3.23. The van der Waals surface area contributed by atoms with Gasteiger partial charge in [-0.25, -0.2) is 0 Å². The molecule has 0 spiro atoms. The fourth-order valence-electron chi connectivity index (χ4n) is 3.35. The SMILES string of the molecule is Cc1ccc(CC(=O)N2C[C@@H](CO)[C@H](c3cnn(C(C)C)c3)C2)cn1. The number of aliphatic hydroxyl groups excluding tert-OH is 1. The van der Waals surface area contributed by atoms with Gasteiger partial charge in [0.25, 0.3) is 0 Å². The third kappa shape index (κ3) is 3.90. The molecule has 0 bridgehead atoms. The number of carbonyl (C=O) groups is 1. The highest BCUT2D eigenvalue weighted by atomic mass is 16.3. The van der Waals surface area contributed by atoms with Gasteiger partial charge < -0.3 is 10.0 Å². The van der Waals surface area contributed by atoms with Crippen molar-refractivity contribution in [2.24, 2.45) is 5.92 Å². The lowest BCUT2D eigenvalue weighted by Gasteiger charge is -2.16. The number of nitrogens with zero attached hydrogens (tertiary/aromatic N) is 4. The predicted molar refractivity (Wildman–Crippen MR) is 95.2 cm³/mol. The summed E-state index contributed by atoms with van der Waals surface area (Å²) in [5.41, 5.74) is 2.97. The van der Waals surface area contributed by atoms with E-state index in [0.717, 1.165) is 16.8 Å². The van der Waals surface area contributed by atoms with Crippen molar-refractivity contribution >= 4 is 5.91 Å². The molecule has 0 aromatic carbocycles. The molecule has 6 heteroatoms. The molecular formula is C19H26N4O2. The Labute approximate surface area is 148 Å². The quantitative estimate of drug-likeness (QED) is 0.901. The summed E-state index contributed by atoms with van der Waals surface area (Å²) in [4.78, 5) is 18.8. The molecule has 6 nitrogen and oxygen atoms in total. The summed E-state index contributed by atoms with van der Waals surface area (Å²) in [7, 11) is 0. The van der Waals surface area contributed by atoms with Gasteiger partial charge in [0.1, 0.15) is 0 Å². The van der Waals surface area contributed by atoms with E-state index in [2.05, 4.69) is 23.9 Å². The molecular weight excluding hydrogens is 316 g/mol. The van der Waals surface area contributed by atoms with Crippen molar-refractivity contribution in [3.8, 4) is 0 Å². The lowest BCUT2D eigenvalue weighted by molar-refractivity contribution is -0.129. The summed E-state index contributed by atoms with van der Waals surface area (Å²) in [5, 5.41) is 14.2. The van der Waals surface area contributed by atoms with Crippen LogP contribution in [0.5, 0.6) is 0 Å². The Kier molecular flexibility index (Phi) is 5.18. The van der Waals surface area contributed by atoms with Gasteiger partial charge in [0.2, 0.25) is 5.91 Å². The number of rotatable bonds is 5. The first kappa shape index (κ1) is 17.6. The Morgan fingerprint density at radius 3 is 2.72 bits per heavy atom. The van der Waals surface area contributed by atoms with Crippen LogP contribution in [0.15, 0.2) is 30.7 Å². The van der Waals surface area contributed by atoms with E-state index in [0.29, 0.717) is 25.6 Å². The highest BCUT2D eigenvalue weighted by Crippen LogP contribution is 2.33. The number of pyridine rings is 1. The number of hydrogen-bond acceptors (Lipinski definition) is 4. The first-order valence-electron chi connectivity index (χ1n) is 8.82. The molecule has 3 heterocycles. The van der Waals surface area contributed by atoms with Crippen molar-refractivity contribution in [2.45, 2.75) is 39.2 Å². The second-order valence-corrected chi connectivity index (χ2v) is 7.18. The molecule has 0 unspecified atom stereocenters. The minimum absolute atomic E-state index is 0.0601. The fourth-order valence-corrected chi connectivity index (χ4v) is 3.35. The molecule has 0 saturated carbocycles. The van der Waals surface area contributed by atoms with Crippen molar-refractivity contribution in [3.05, 3.63) is 47.5 Å². The van der Waals surface area contributed by atoms with Crippen LogP contribution in [0.1, 0.15) is 42.6 Å². The predicted octanol–water partition coefficient (Wildman–Crippen LogP) is 1.94. The third-order valence-corrected chi connectivity index (χ3v) is 4.93. The van der Waals surface area contributed by atoms with Crippen molar-refractivity contribution in [1.29, 1.82) is 0 Å². The Balaban J connectivity index is 1.69. The number of aromatic nitrogens is 3. The Morgan fingerprint density at radius 1 is 1.32 bits per heavy atom. The smallest absolute Gasteiger partial charge is 0.227 e. The van der Waals surface area contributed by atoms with Gasteiger partial charge in [0.15, 0.2) is 0 Å². The van der Waals surface area contributed by atoms with Crippen LogP contribution in [-0.4, -0.2) is 50.4 Å². The van der Waals surface area contributed by atoms with Crippen LogP contribution in [0, 0.1) is 12.8 Å². The largest absolute Gasteiger partial charge is 0.396 e. The van der Waals surface area contributed by atoms with Gasteiger partial charge in [0, 0.05) is 55.7 Å². The number of aliphatic hydroxyl groups is 1. The molecule has 2 aromatic heterocycles. The van der Waals surface area contributed by atoms with E-state index in [1.165, 1.54) is 0 Å². The molecule has 1 amide bonds. The van der Waals surface area contributed by atoms with E-state index in [-0.39, 0.29) is 24.3 Å². The minimum Gasteiger partial charge on any atom is -0.396 e. The molecule has 2 atom stereocenters. The van der Waals surface area contributed by atoms with Crippen molar-refractivity contribution in [1.82, 2.24) is 19.7 Å². The van der Waals surface area contributed by atoms with Gasteiger partial charge in [-0.1, -0.05) is 6.07 Å². The van der Waals surface area contributed by atoms with E-state index < -0.39 is 0 Å². The molecule has 1 saturated heterocycles. The van der Waals surface area contributed by atoms with Gasteiger partial charge in [-0.05, 0) is 38.0 Å².